The van der Waals surface area contributed by atoms with Crippen molar-refractivity contribution in [3.63, 3.8) is 0 Å². The molecule has 1 aliphatic heterocycles. The Bertz CT molecular complexity index is 1260. The number of hydrogen-bond acceptors (Lipinski definition) is 10. The highest BCUT2D eigenvalue weighted by molar-refractivity contribution is 5.96. The Morgan fingerprint density at radius 1 is 0.907 bits per heavy atom. The molecule has 6 atom stereocenters. The Hall–Kier alpha value is -3.79. The second-order valence-electron chi connectivity index (χ2n) is 15.6. The lowest BCUT2D eigenvalue weighted by atomic mass is 9.83. The minimum Gasteiger partial charge on any atom is -0.460 e. The van der Waals surface area contributed by atoms with E-state index in [0.717, 1.165) is 38.5 Å². The number of ether oxygens (including phenoxy) is 1. The molecular formula is C38H68N8O8. The van der Waals surface area contributed by atoms with Gasteiger partial charge in [-0.2, -0.15) is 0 Å². The Morgan fingerprint density at radius 2 is 1.57 bits per heavy atom. The zero-order chi connectivity index (χ0) is 40.4. The number of hydrogen-bond donors (Lipinski definition) is 6. The van der Waals surface area contributed by atoms with Crippen LogP contribution in [0.3, 0.4) is 0 Å². The van der Waals surface area contributed by atoms with Gasteiger partial charge >= 0.3 is 5.97 Å². The van der Waals surface area contributed by atoms with Crippen LogP contribution in [0.5, 0.6) is 0 Å². The van der Waals surface area contributed by atoms with Crippen LogP contribution in [0.4, 0.5) is 0 Å². The van der Waals surface area contributed by atoms with Crippen LogP contribution in [0.25, 0.3) is 0 Å². The molecule has 1 saturated carbocycles. The van der Waals surface area contributed by atoms with Crippen molar-refractivity contribution in [1.82, 2.24) is 36.4 Å². The van der Waals surface area contributed by atoms with Gasteiger partial charge in [0.25, 0.3) is 0 Å². The van der Waals surface area contributed by atoms with Crippen LogP contribution < -0.4 is 32.3 Å². The highest BCUT2D eigenvalue weighted by atomic mass is 16.5. The van der Waals surface area contributed by atoms with E-state index >= 15 is 0 Å². The third-order valence-electron chi connectivity index (χ3n) is 10.3. The maximum Gasteiger partial charge on any atom is 0.325 e. The lowest BCUT2D eigenvalue weighted by molar-refractivity contribution is -0.157. The summed E-state index contributed by atoms with van der Waals surface area (Å²) in [5, 5.41) is 13.3. The van der Waals surface area contributed by atoms with Gasteiger partial charge in [0.2, 0.25) is 35.4 Å². The molecule has 0 spiro atoms. The molecule has 16 heteroatoms. The van der Waals surface area contributed by atoms with Crippen molar-refractivity contribution in [2.75, 3.05) is 47.3 Å². The van der Waals surface area contributed by atoms with Crippen LogP contribution in [0, 0.1) is 17.8 Å². The number of nitrogens with one attached hydrogen (secondary N) is 5. The Labute approximate surface area is 321 Å². The first-order chi connectivity index (χ1) is 25.6. The van der Waals surface area contributed by atoms with Crippen molar-refractivity contribution in [2.45, 2.75) is 135 Å². The van der Waals surface area contributed by atoms with E-state index in [-0.39, 0.29) is 37.4 Å². The number of nitrogens with zero attached hydrogens (tertiary/aromatic N) is 2. The van der Waals surface area contributed by atoms with Crippen molar-refractivity contribution < 1.29 is 38.3 Å². The Morgan fingerprint density at radius 3 is 2.19 bits per heavy atom. The lowest BCUT2D eigenvalue weighted by Gasteiger charge is -2.35. The van der Waals surface area contributed by atoms with Gasteiger partial charge in [0, 0.05) is 20.1 Å². The summed E-state index contributed by atoms with van der Waals surface area (Å²) < 4.78 is 5.84. The molecule has 7 N–H and O–H groups in total. The predicted octanol–water partition coefficient (Wildman–Crippen LogP) is 0.569. The van der Waals surface area contributed by atoms with E-state index in [2.05, 4.69) is 33.5 Å². The van der Waals surface area contributed by atoms with Gasteiger partial charge in [0.05, 0.1) is 12.5 Å². The number of unbranched alkanes of at least 4 members (excludes halogenated alkanes) is 3. The first kappa shape index (κ1) is 46.4. The second kappa shape index (κ2) is 23.9. The number of carbonyl (C=O) groups excluding carboxylic acids is 7. The summed E-state index contributed by atoms with van der Waals surface area (Å²) in [6.07, 6.45) is 8.13. The van der Waals surface area contributed by atoms with E-state index in [9.17, 15) is 33.6 Å². The van der Waals surface area contributed by atoms with Gasteiger partial charge < -0.3 is 46.9 Å². The summed E-state index contributed by atoms with van der Waals surface area (Å²) in [6.45, 7) is 6.59. The maximum absolute atomic E-state index is 14.2. The highest BCUT2D eigenvalue weighted by Crippen LogP contribution is 2.28. The number of esters is 1. The van der Waals surface area contributed by atoms with Gasteiger partial charge in [-0.05, 0) is 64.5 Å². The number of nitrogens with two attached hydrogens (primary N) is 1. The quantitative estimate of drug-likeness (QED) is 0.107. The topological polar surface area (TPSA) is 221 Å². The van der Waals surface area contributed by atoms with Gasteiger partial charge in [-0.3, -0.25) is 33.6 Å². The van der Waals surface area contributed by atoms with E-state index in [1.165, 1.54) is 4.90 Å². The summed E-state index contributed by atoms with van der Waals surface area (Å²) in [5.41, 5.74) is 5.98. The Kier molecular flexibility index (Phi) is 20.5. The van der Waals surface area contributed by atoms with Crippen molar-refractivity contribution in [3.8, 4) is 0 Å². The molecule has 1 saturated heterocycles. The zero-order valence-electron chi connectivity index (χ0n) is 33.7. The molecule has 1 heterocycles. The van der Waals surface area contributed by atoms with Crippen LogP contribution in [0.15, 0.2) is 0 Å². The monoisotopic (exact) mass is 765 g/mol. The molecule has 0 aromatic heterocycles. The predicted molar refractivity (Wildman–Crippen MR) is 204 cm³/mol. The van der Waals surface area contributed by atoms with E-state index in [0.29, 0.717) is 38.5 Å². The van der Waals surface area contributed by atoms with Crippen molar-refractivity contribution in [1.29, 1.82) is 0 Å². The normalized spacial score (nSPS) is 26.2. The zero-order valence-corrected chi connectivity index (χ0v) is 33.7. The molecule has 1 aliphatic carbocycles. The Balaban J connectivity index is 2.58. The van der Waals surface area contributed by atoms with Gasteiger partial charge in [0.1, 0.15) is 36.8 Å². The molecule has 308 valence electrons. The number of likely N-dealkylation sites (N-methyl/N-ethyl adjacent to an activating group) is 2. The summed E-state index contributed by atoms with van der Waals surface area (Å²) in [4.78, 5) is 98.2. The SMILES string of the molecule is CCCCCC[C@@H]1OC(=O)CNC(=O)[C@H](CNC(=O)CN(C)C)NC(=O)[C@H](CN)NC(=O)[C@H](C2CCCCC2)NC(=O)[C@H](CCC(C)C)N(C)C(=O)[C@@H]1C. The summed E-state index contributed by atoms with van der Waals surface area (Å²) in [6, 6.07) is -4.58. The van der Waals surface area contributed by atoms with Gasteiger partial charge in [0.15, 0.2) is 0 Å². The fraction of sp³-hybridized carbons (Fsp3) is 0.816. The molecule has 0 aromatic rings. The van der Waals surface area contributed by atoms with Crippen LogP contribution in [0.1, 0.15) is 105 Å². The highest BCUT2D eigenvalue weighted by Gasteiger charge is 2.39. The van der Waals surface area contributed by atoms with Gasteiger partial charge in [-0.15, -0.1) is 0 Å². The van der Waals surface area contributed by atoms with E-state index in [1.54, 1.807) is 33.0 Å². The molecule has 2 fully saturated rings. The van der Waals surface area contributed by atoms with Gasteiger partial charge in [-0.1, -0.05) is 66.2 Å². The first-order valence-electron chi connectivity index (χ1n) is 19.9. The number of amides is 6. The number of rotatable bonds is 14. The fourth-order valence-electron chi connectivity index (χ4n) is 6.95. The minimum atomic E-state index is -1.35. The van der Waals surface area contributed by atoms with Crippen molar-refractivity contribution >= 4 is 41.4 Å². The first-order valence-corrected chi connectivity index (χ1v) is 19.9. The molecular weight excluding hydrogens is 696 g/mol. The third-order valence-corrected chi connectivity index (χ3v) is 10.3. The van der Waals surface area contributed by atoms with Gasteiger partial charge in [-0.25, -0.2) is 0 Å². The minimum absolute atomic E-state index is 0.0223. The molecule has 16 nitrogen and oxygen atoms in total. The molecule has 2 rings (SSSR count). The molecule has 6 amide bonds. The van der Waals surface area contributed by atoms with E-state index in [1.807, 2.05) is 13.8 Å². The molecule has 0 radical (unpaired) electrons. The number of carbonyl (C=O) groups is 7. The average Bonchev–Trinajstić information content (AvgIpc) is 3.13. The van der Waals surface area contributed by atoms with Crippen molar-refractivity contribution in [2.24, 2.45) is 23.5 Å². The van der Waals surface area contributed by atoms with Crippen LogP contribution in [-0.2, 0) is 38.3 Å². The third kappa shape index (κ3) is 15.5. The molecule has 0 bridgehead atoms. The van der Waals surface area contributed by atoms with E-state index < -0.39 is 78.2 Å². The number of cyclic esters (lactones) is 1. The smallest absolute Gasteiger partial charge is 0.325 e. The summed E-state index contributed by atoms with van der Waals surface area (Å²) >= 11 is 0. The van der Waals surface area contributed by atoms with Crippen LogP contribution >= 0.6 is 0 Å². The molecule has 0 unspecified atom stereocenters. The maximum atomic E-state index is 14.2. The standard InChI is InChI=1S/C38H68N8O8/c1-8-9-10-14-17-30-25(4)38(53)46(7)29(19-18-24(2)3)36(51)44-33(26-15-12-11-13-16-26)37(52)42-27(20-39)35(50)43-28(21-40-31(47)23-45(5)6)34(49)41-22-32(48)54-30/h24-30,33H,8-23,39H2,1-7H3,(H,40,47)(H,41,49)(H,42,52)(H,43,50)(H,44,51)/t25-,27+,28+,29+,30+,33+/m1/s1. The largest absolute Gasteiger partial charge is 0.460 e. The summed E-state index contributed by atoms with van der Waals surface area (Å²) in [5.74, 6) is -5.07. The molecule has 0 aromatic carbocycles. The molecule has 54 heavy (non-hydrogen) atoms. The average molecular weight is 765 g/mol. The van der Waals surface area contributed by atoms with Crippen LogP contribution in [-0.4, -0.2) is 129 Å². The lowest BCUT2D eigenvalue weighted by Crippen LogP contribution is -2.62. The summed E-state index contributed by atoms with van der Waals surface area (Å²) in [7, 11) is 4.96. The second-order valence-corrected chi connectivity index (χ2v) is 15.6. The van der Waals surface area contributed by atoms with E-state index in [4.69, 9.17) is 10.5 Å². The van der Waals surface area contributed by atoms with Crippen LogP contribution in [0.2, 0.25) is 0 Å². The van der Waals surface area contributed by atoms with Crippen molar-refractivity contribution in [3.05, 3.63) is 0 Å². The fourth-order valence-corrected chi connectivity index (χ4v) is 6.95. The molecule has 2 aliphatic rings.